The van der Waals surface area contributed by atoms with E-state index in [0.717, 1.165) is 30.6 Å². The lowest BCUT2D eigenvalue weighted by molar-refractivity contribution is 0.129. The van der Waals surface area contributed by atoms with Gasteiger partial charge in [0.2, 0.25) is 0 Å². The van der Waals surface area contributed by atoms with Gasteiger partial charge in [-0.15, -0.1) is 0 Å². The fraction of sp³-hybridized carbons (Fsp3) is 1.00. The minimum Gasteiger partial charge on any atom is -0.314 e. The molecule has 0 amide bonds. The highest BCUT2D eigenvalue weighted by molar-refractivity contribution is 4.91. The molecule has 2 nitrogen and oxygen atoms in total. The van der Waals surface area contributed by atoms with Crippen molar-refractivity contribution in [1.82, 2.24) is 10.2 Å². The number of nitrogens with one attached hydrogen (secondary N) is 1. The first-order valence-corrected chi connectivity index (χ1v) is 8.19. The third-order valence-electron chi connectivity index (χ3n) is 4.64. The summed E-state index contributed by atoms with van der Waals surface area (Å²) in [5.41, 5.74) is 0. The van der Waals surface area contributed by atoms with Crippen molar-refractivity contribution >= 4 is 0 Å². The Morgan fingerprint density at radius 2 is 1.56 bits per heavy atom. The highest BCUT2D eigenvalue weighted by Crippen LogP contribution is 2.34. The van der Waals surface area contributed by atoms with Crippen LogP contribution in [0.15, 0.2) is 0 Å². The summed E-state index contributed by atoms with van der Waals surface area (Å²) in [6, 6.07) is 2.65. The van der Waals surface area contributed by atoms with Crippen LogP contribution in [0.2, 0.25) is 0 Å². The summed E-state index contributed by atoms with van der Waals surface area (Å²) in [6.07, 6.45) is 9.94. The maximum Gasteiger partial charge on any atom is 0.00993 e. The molecule has 0 radical (unpaired) electrons. The molecule has 2 fully saturated rings. The van der Waals surface area contributed by atoms with E-state index in [0.29, 0.717) is 0 Å². The second-order valence-electron chi connectivity index (χ2n) is 6.71. The van der Waals surface area contributed by atoms with E-state index in [2.05, 4.69) is 31.0 Å². The minimum absolute atomic E-state index is 0.803. The van der Waals surface area contributed by atoms with Crippen LogP contribution in [-0.2, 0) is 0 Å². The Labute approximate surface area is 114 Å². The predicted molar refractivity (Wildman–Crippen MR) is 78.9 cm³/mol. The number of rotatable bonds is 7. The normalized spacial score (nSPS) is 29.2. The van der Waals surface area contributed by atoms with Crippen LogP contribution in [0.4, 0.5) is 0 Å². The van der Waals surface area contributed by atoms with Gasteiger partial charge in [0.15, 0.2) is 0 Å². The zero-order chi connectivity index (χ0) is 13.0. The van der Waals surface area contributed by atoms with Crippen molar-refractivity contribution in [2.75, 3.05) is 13.1 Å². The highest BCUT2D eigenvalue weighted by atomic mass is 15.2. The summed E-state index contributed by atoms with van der Waals surface area (Å²) in [6.45, 7) is 9.42. The Hall–Kier alpha value is -0.0800. The van der Waals surface area contributed by atoms with Crippen molar-refractivity contribution in [1.29, 1.82) is 0 Å². The number of hydrogen-bond donors (Lipinski definition) is 1. The average molecular weight is 252 g/mol. The SMILES string of the molecule is CCNC1CCC(N(CCC(C)C)C2CC2)CC1. The van der Waals surface area contributed by atoms with E-state index >= 15 is 0 Å². The summed E-state index contributed by atoms with van der Waals surface area (Å²) in [4.78, 5) is 2.86. The molecule has 2 aliphatic carbocycles. The lowest BCUT2D eigenvalue weighted by Gasteiger charge is -2.37. The van der Waals surface area contributed by atoms with Crippen LogP contribution < -0.4 is 5.32 Å². The summed E-state index contributed by atoms with van der Waals surface area (Å²) in [5, 5.41) is 3.62. The molecule has 2 aliphatic rings. The maximum absolute atomic E-state index is 3.62. The summed E-state index contributed by atoms with van der Waals surface area (Å²) < 4.78 is 0. The van der Waals surface area contributed by atoms with Crippen molar-refractivity contribution in [3.05, 3.63) is 0 Å². The quantitative estimate of drug-likeness (QED) is 0.747. The Balaban J connectivity index is 1.77. The van der Waals surface area contributed by atoms with Crippen molar-refractivity contribution in [3.63, 3.8) is 0 Å². The van der Waals surface area contributed by atoms with Crippen LogP contribution in [0, 0.1) is 5.92 Å². The van der Waals surface area contributed by atoms with Gasteiger partial charge in [0.05, 0.1) is 0 Å². The van der Waals surface area contributed by atoms with Crippen molar-refractivity contribution in [2.45, 2.75) is 83.8 Å². The molecule has 2 heteroatoms. The Kier molecular flexibility index (Phi) is 5.50. The molecule has 0 bridgehead atoms. The summed E-state index contributed by atoms with van der Waals surface area (Å²) in [5.74, 6) is 0.851. The molecular weight excluding hydrogens is 220 g/mol. The molecule has 0 atom stereocenters. The van der Waals surface area contributed by atoms with E-state index < -0.39 is 0 Å². The molecule has 18 heavy (non-hydrogen) atoms. The van der Waals surface area contributed by atoms with Gasteiger partial charge in [0.1, 0.15) is 0 Å². The molecule has 0 spiro atoms. The van der Waals surface area contributed by atoms with Crippen LogP contribution in [0.1, 0.15) is 65.7 Å². The zero-order valence-electron chi connectivity index (χ0n) is 12.6. The first-order chi connectivity index (χ1) is 8.70. The van der Waals surface area contributed by atoms with Crippen LogP contribution in [0.5, 0.6) is 0 Å². The lowest BCUT2D eigenvalue weighted by Crippen LogP contribution is -2.44. The van der Waals surface area contributed by atoms with Gasteiger partial charge in [-0.05, 0) is 64.0 Å². The molecule has 2 saturated carbocycles. The fourth-order valence-corrected chi connectivity index (χ4v) is 3.38. The van der Waals surface area contributed by atoms with Gasteiger partial charge in [-0.2, -0.15) is 0 Å². The van der Waals surface area contributed by atoms with Gasteiger partial charge in [-0.25, -0.2) is 0 Å². The van der Waals surface area contributed by atoms with E-state index in [1.165, 1.54) is 51.5 Å². The first kappa shape index (κ1) is 14.3. The topological polar surface area (TPSA) is 15.3 Å². The van der Waals surface area contributed by atoms with Gasteiger partial charge in [0.25, 0.3) is 0 Å². The van der Waals surface area contributed by atoms with Gasteiger partial charge in [-0.1, -0.05) is 20.8 Å². The first-order valence-electron chi connectivity index (χ1n) is 8.19. The van der Waals surface area contributed by atoms with Crippen LogP contribution in [-0.4, -0.2) is 36.1 Å². The molecule has 106 valence electrons. The fourth-order valence-electron chi connectivity index (χ4n) is 3.38. The van der Waals surface area contributed by atoms with Crippen LogP contribution >= 0.6 is 0 Å². The third-order valence-corrected chi connectivity index (χ3v) is 4.64. The molecule has 0 saturated heterocycles. The maximum atomic E-state index is 3.62. The Bertz CT molecular complexity index is 227. The second kappa shape index (κ2) is 6.91. The summed E-state index contributed by atoms with van der Waals surface area (Å²) >= 11 is 0. The monoisotopic (exact) mass is 252 g/mol. The van der Waals surface area contributed by atoms with Gasteiger partial charge >= 0.3 is 0 Å². The Morgan fingerprint density at radius 3 is 2.00 bits per heavy atom. The molecular formula is C16H32N2. The largest absolute Gasteiger partial charge is 0.314 e. The standard InChI is InChI=1S/C16H32N2/c1-4-17-14-5-7-15(8-6-14)18(16-9-10-16)12-11-13(2)3/h13-17H,4-12H2,1-3H3. The second-order valence-corrected chi connectivity index (χ2v) is 6.71. The van der Waals surface area contributed by atoms with Gasteiger partial charge in [0, 0.05) is 18.1 Å². The summed E-state index contributed by atoms with van der Waals surface area (Å²) in [7, 11) is 0. The van der Waals surface area contributed by atoms with Crippen LogP contribution in [0.3, 0.4) is 0 Å². The van der Waals surface area contributed by atoms with Crippen molar-refractivity contribution in [2.24, 2.45) is 5.92 Å². The molecule has 0 aromatic heterocycles. The highest BCUT2D eigenvalue weighted by Gasteiger charge is 2.35. The molecule has 2 rings (SSSR count). The molecule has 0 aromatic carbocycles. The lowest BCUT2D eigenvalue weighted by atomic mass is 9.89. The smallest absolute Gasteiger partial charge is 0.00993 e. The molecule has 1 N–H and O–H groups in total. The van der Waals surface area contributed by atoms with Crippen LogP contribution in [0.25, 0.3) is 0 Å². The van der Waals surface area contributed by atoms with E-state index in [1.807, 2.05) is 0 Å². The molecule has 0 unspecified atom stereocenters. The average Bonchev–Trinajstić information content (AvgIpc) is 3.16. The third kappa shape index (κ3) is 4.24. The van der Waals surface area contributed by atoms with Crippen molar-refractivity contribution in [3.8, 4) is 0 Å². The molecule has 0 heterocycles. The van der Waals surface area contributed by atoms with E-state index in [1.54, 1.807) is 0 Å². The minimum atomic E-state index is 0.803. The molecule has 0 aromatic rings. The van der Waals surface area contributed by atoms with Gasteiger partial charge < -0.3 is 5.32 Å². The van der Waals surface area contributed by atoms with E-state index in [9.17, 15) is 0 Å². The van der Waals surface area contributed by atoms with E-state index in [4.69, 9.17) is 0 Å². The number of hydrogen-bond acceptors (Lipinski definition) is 2. The molecule has 0 aliphatic heterocycles. The number of nitrogens with zero attached hydrogens (tertiary/aromatic N) is 1. The Morgan fingerprint density at radius 1 is 1.00 bits per heavy atom. The van der Waals surface area contributed by atoms with Gasteiger partial charge in [-0.3, -0.25) is 4.90 Å². The zero-order valence-corrected chi connectivity index (χ0v) is 12.6. The van der Waals surface area contributed by atoms with Crippen molar-refractivity contribution < 1.29 is 0 Å². The van der Waals surface area contributed by atoms with E-state index in [-0.39, 0.29) is 0 Å². The predicted octanol–water partition coefficient (Wildman–Crippen LogP) is 3.42.